The van der Waals surface area contributed by atoms with E-state index in [0.29, 0.717) is 0 Å². The molecule has 1 aromatic carbocycles. The highest BCUT2D eigenvalue weighted by Gasteiger charge is 2.21. The molecule has 18 heavy (non-hydrogen) atoms. The van der Waals surface area contributed by atoms with Crippen molar-refractivity contribution in [2.45, 2.75) is 39.5 Å². The van der Waals surface area contributed by atoms with Gasteiger partial charge in [-0.25, -0.2) is 0 Å². The maximum absolute atomic E-state index is 5.66. The number of para-hydroxylation sites is 1. The van der Waals surface area contributed by atoms with Gasteiger partial charge in [-0.05, 0) is 56.2 Å². The van der Waals surface area contributed by atoms with E-state index in [-0.39, 0.29) is 0 Å². The van der Waals surface area contributed by atoms with Crippen LogP contribution in [-0.4, -0.2) is 19.6 Å². The number of benzene rings is 1. The molecular formula is C16H26N2. The molecule has 0 aliphatic carbocycles. The lowest BCUT2D eigenvalue weighted by molar-refractivity contribution is 0.386. The molecule has 0 amide bonds. The molecule has 0 aromatic heterocycles. The summed E-state index contributed by atoms with van der Waals surface area (Å²) in [6.07, 6.45) is 4.92. The van der Waals surface area contributed by atoms with Crippen molar-refractivity contribution in [2.75, 3.05) is 24.5 Å². The molecule has 2 N–H and O–H groups in total. The molecule has 1 saturated heterocycles. The zero-order valence-electron chi connectivity index (χ0n) is 11.8. The Morgan fingerprint density at radius 3 is 2.61 bits per heavy atom. The van der Waals surface area contributed by atoms with Gasteiger partial charge in [-0.3, -0.25) is 0 Å². The lowest BCUT2D eigenvalue weighted by Gasteiger charge is -2.35. The van der Waals surface area contributed by atoms with Crippen molar-refractivity contribution in [3.63, 3.8) is 0 Å². The normalized spacial score (nSPS) is 17.2. The Balaban J connectivity index is 2.09. The lowest BCUT2D eigenvalue weighted by Crippen LogP contribution is -2.35. The molecule has 0 unspecified atom stereocenters. The molecule has 100 valence electrons. The molecule has 2 nitrogen and oxygen atoms in total. The van der Waals surface area contributed by atoms with E-state index in [1.54, 1.807) is 0 Å². The average molecular weight is 246 g/mol. The summed E-state index contributed by atoms with van der Waals surface area (Å²) in [4.78, 5) is 2.58. The number of nitrogens with two attached hydrogens (primary N) is 1. The minimum atomic E-state index is 0.843. The van der Waals surface area contributed by atoms with Gasteiger partial charge in [-0.1, -0.05) is 25.1 Å². The zero-order valence-corrected chi connectivity index (χ0v) is 11.8. The third-order valence-corrected chi connectivity index (χ3v) is 4.21. The highest BCUT2D eigenvalue weighted by molar-refractivity contribution is 5.59. The van der Waals surface area contributed by atoms with Gasteiger partial charge < -0.3 is 10.6 Å². The lowest BCUT2D eigenvalue weighted by atomic mass is 9.92. The summed E-state index contributed by atoms with van der Waals surface area (Å²) in [6.45, 7) is 7.72. The smallest absolute Gasteiger partial charge is 0.0428 e. The van der Waals surface area contributed by atoms with Crippen LogP contribution in [0.4, 0.5) is 5.69 Å². The van der Waals surface area contributed by atoms with Crippen molar-refractivity contribution in [1.29, 1.82) is 0 Å². The van der Waals surface area contributed by atoms with Crippen LogP contribution in [0.1, 0.15) is 37.3 Å². The van der Waals surface area contributed by atoms with Crippen molar-refractivity contribution in [2.24, 2.45) is 11.7 Å². The van der Waals surface area contributed by atoms with E-state index in [1.165, 1.54) is 49.2 Å². The van der Waals surface area contributed by atoms with Crippen molar-refractivity contribution in [3.05, 3.63) is 29.3 Å². The molecule has 1 aromatic rings. The summed E-state index contributed by atoms with van der Waals surface area (Å²) in [5.74, 6) is 0.848. The first-order valence-corrected chi connectivity index (χ1v) is 7.29. The molecule has 2 heteroatoms. The number of hydrogen-bond donors (Lipinski definition) is 1. The van der Waals surface area contributed by atoms with Crippen LogP contribution in [0.25, 0.3) is 0 Å². The van der Waals surface area contributed by atoms with Gasteiger partial charge in [0, 0.05) is 18.8 Å². The fraction of sp³-hybridized carbons (Fsp3) is 0.625. The molecule has 0 saturated carbocycles. The molecule has 0 bridgehead atoms. The van der Waals surface area contributed by atoms with E-state index in [0.717, 1.165) is 18.9 Å². The first-order chi connectivity index (χ1) is 8.76. The van der Waals surface area contributed by atoms with Gasteiger partial charge in [-0.15, -0.1) is 0 Å². The van der Waals surface area contributed by atoms with Crippen LogP contribution >= 0.6 is 0 Å². The van der Waals surface area contributed by atoms with Gasteiger partial charge in [0.05, 0.1) is 0 Å². The summed E-state index contributed by atoms with van der Waals surface area (Å²) in [6, 6.07) is 6.69. The first-order valence-electron chi connectivity index (χ1n) is 7.29. The maximum Gasteiger partial charge on any atom is 0.0428 e. The first kappa shape index (κ1) is 13.4. The van der Waals surface area contributed by atoms with Crippen LogP contribution in [0.5, 0.6) is 0 Å². The van der Waals surface area contributed by atoms with Gasteiger partial charge in [0.25, 0.3) is 0 Å². The van der Waals surface area contributed by atoms with Crippen LogP contribution in [0.15, 0.2) is 18.2 Å². The van der Waals surface area contributed by atoms with E-state index in [4.69, 9.17) is 5.73 Å². The number of piperidine rings is 1. The molecule has 2 rings (SSSR count). The predicted octanol–water partition coefficient (Wildman–Crippen LogP) is 3.12. The minimum absolute atomic E-state index is 0.843. The van der Waals surface area contributed by atoms with E-state index in [9.17, 15) is 0 Å². The molecule has 1 fully saturated rings. The van der Waals surface area contributed by atoms with Crippen molar-refractivity contribution in [3.8, 4) is 0 Å². The van der Waals surface area contributed by atoms with Crippen LogP contribution in [-0.2, 0) is 6.42 Å². The average Bonchev–Trinajstić information content (AvgIpc) is 2.40. The van der Waals surface area contributed by atoms with Crippen LogP contribution < -0.4 is 10.6 Å². The summed E-state index contributed by atoms with van der Waals surface area (Å²) < 4.78 is 0. The summed E-state index contributed by atoms with van der Waals surface area (Å²) in [5.41, 5.74) is 10.1. The van der Waals surface area contributed by atoms with Gasteiger partial charge in [0.2, 0.25) is 0 Å². The van der Waals surface area contributed by atoms with E-state index >= 15 is 0 Å². The van der Waals surface area contributed by atoms with Crippen molar-refractivity contribution in [1.82, 2.24) is 0 Å². The summed E-state index contributed by atoms with van der Waals surface area (Å²) in [7, 11) is 0. The fourth-order valence-corrected chi connectivity index (χ4v) is 3.14. The summed E-state index contributed by atoms with van der Waals surface area (Å²) >= 11 is 0. The summed E-state index contributed by atoms with van der Waals surface area (Å²) in [5, 5.41) is 0. The van der Waals surface area contributed by atoms with Crippen LogP contribution in [0, 0.1) is 12.8 Å². The second kappa shape index (κ2) is 6.24. The Morgan fingerprint density at radius 1 is 1.28 bits per heavy atom. The van der Waals surface area contributed by atoms with Gasteiger partial charge >= 0.3 is 0 Å². The molecule has 0 atom stereocenters. The Morgan fingerprint density at radius 2 is 2.00 bits per heavy atom. The monoisotopic (exact) mass is 246 g/mol. The molecule has 1 aliphatic heterocycles. The third-order valence-electron chi connectivity index (χ3n) is 4.21. The maximum atomic E-state index is 5.66. The van der Waals surface area contributed by atoms with Crippen molar-refractivity contribution < 1.29 is 0 Å². The predicted molar refractivity (Wildman–Crippen MR) is 79.2 cm³/mol. The molecular weight excluding hydrogens is 220 g/mol. The van der Waals surface area contributed by atoms with E-state index in [2.05, 4.69) is 36.9 Å². The quantitative estimate of drug-likeness (QED) is 0.884. The SMILES string of the molecule is CCc1cccc(C)c1N1CCC(CCN)CC1. The Bertz CT molecular complexity index is 379. The Hall–Kier alpha value is -1.02. The molecule has 1 aliphatic rings. The Kier molecular flexibility index (Phi) is 4.65. The van der Waals surface area contributed by atoms with Crippen molar-refractivity contribution >= 4 is 5.69 Å². The van der Waals surface area contributed by atoms with E-state index in [1.807, 2.05) is 0 Å². The molecule has 0 radical (unpaired) electrons. The van der Waals surface area contributed by atoms with Gasteiger partial charge in [-0.2, -0.15) is 0 Å². The Labute approximate surface area is 111 Å². The molecule has 0 spiro atoms. The second-order valence-corrected chi connectivity index (χ2v) is 5.44. The highest BCUT2D eigenvalue weighted by atomic mass is 15.1. The van der Waals surface area contributed by atoms with Crippen LogP contribution in [0.2, 0.25) is 0 Å². The largest absolute Gasteiger partial charge is 0.371 e. The number of aryl methyl sites for hydroxylation is 2. The number of nitrogens with zero attached hydrogens (tertiary/aromatic N) is 1. The fourth-order valence-electron chi connectivity index (χ4n) is 3.14. The van der Waals surface area contributed by atoms with Gasteiger partial charge in [0.1, 0.15) is 0 Å². The second-order valence-electron chi connectivity index (χ2n) is 5.44. The number of rotatable bonds is 4. The van der Waals surface area contributed by atoms with Crippen LogP contribution in [0.3, 0.4) is 0 Å². The zero-order chi connectivity index (χ0) is 13.0. The topological polar surface area (TPSA) is 29.3 Å². The van der Waals surface area contributed by atoms with Gasteiger partial charge in [0.15, 0.2) is 0 Å². The number of hydrogen-bond acceptors (Lipinski definition) is 2. The van der Waals surface area contributed by atoms with E-state index < -0.39 is 0 Å². The number of anilines is 1. The molecule has 1 heterocycles. The minimum Gasteiger partial charge on any atom is -0.371 e. The standard InChI is InChI=1S/C16H26N2/c1-3-15-6-4-5-13(2)16(15)18-11-8-14(7-10-17)9-12-18/h4-6,14H,3,7-12,17H2,1-2H3. The highest BCUT2D eigenvalue weighted by Crippen LogP contribution is 2.30. The third kappa shape index (κ3) is 2.86.